The van der Waals surface area contributed by atoms with E-state index < -0.39 is 17.6 Å². The summed E-state index contributed by atoms with van der Waals surface area (Å²) in [5.41, 5.74) is -0.587. The van der Waals surface area contributed by atoms with Gasteiger partial charge in [0.25, 0.3) is 0 Å². The molecule has 1 atom stereocenters. The average Bonchev–Trinajstić information content (AvgIpc) is 2.00. The number of rotatable bonds is 5. The molecule has 0 radical (unpaired) electrons. The molecular formula is C7H14NNaO4. The van der Waals surface area contributed by atoms with Crippen LogP contribution in [0.15, 0.2) is 0 Å². The summed E-state index contributed by atoms with van der Waals surface area (Å²) in [4.78, 5) is 10.0. The van der Waals surface area contributed by atoms with E-state index in [0.29, 0.717) is 0 Å². The minimum atomic E-state index is -1.53. The molecule has 6 heteroatoms. The van der Waals surface area contributed by atoms with E-state index in [2.05, 4.69) is 5.32 Å². The standard InChI is InChI=1S/C7H15NO4.Na/c1-7(2,4-9)8-3-5(10)6(11)12;/h5,8-10H,3-4H2,1-2H3,(H,11,12);/q;+1/p-1. The van der Waals surface area contributed by atoms with Gasteiger partial charge in [0.1, 0.15) is 6.10 Å². The fraction of sp³-hybridized carbons (Fsp3) is 0.857. The van der Waals surface area contributed by atoms with E-state index in [4.69, 9.17) is 10.2 Å². The maximum Gasteiger partial charge on any atom is 1.00 e. The Morgan fingerprint density at radius 2 is 2.08 bits per heavy atom. The Morgan fingerprint density at radius 1 is 1.62 bits per heavy atom. The van der Waals surface area contributed by atoms with Gasteiger partial charge < -0.3 is 25.4 Å². The van der Waals surface area contributed by atoms with Crippen LogP contribution in [-0.2, 0) is 4.79 Å². The Labute approximate surface area is 99.4 Å². The quantitative estimate of drug-likeness (QED) is 0.384. The van der Waals surface area contributed by atoms with Crippen LogP contribution in [0.25, 0.3) is 0 Å². The Kier molecular flexibility index (Phi) is 8.21. The van der Waals surface area contributed by atoms with E-state index in [0.717, 1.165) is 0 Å². The molecule has 13 heavy (non-hydrogen) atoms. The van der Waals surface area contributed by atoms with Crippen molar-refractivity contribution in [1.82, 2.24) is 5.32 Å². The van der Waals surface area contributed by atoms with E-state index >= 15 is 0 Å². The van der Waals surface area contributed by atoms with Crippen molar-refractivity contribution >= 4 is 5.97 Å². The first kappa shape index (κ1) is 15.8. The molecule has 0 amide bonds. The van der Waals surface area contributed by atoms with Crippen molar-refractivity contribution in [3.63, 3.8) is 0 Å². The molecule has 0 saturated carbocycles. The summed E-state index contributed by atoms with van der Waals surface area (Å²) < 4.78 is 0. The molecule has 0 aliphatic heterocycles. The number of aliphatic hydroxyl groups excluding tert-OH is 2. The fourth-order valence-electron chi connectivity index (χ4n) is 0.512. The van der Waals surface area contributed by atoms with Crippen LogP contribution in [0.3, 0.4) is 0 Å². The van der Waals surface area contributed by atoms with Crippen molar-refractivity contribution in [1.29, 1.82) is 0 Å². The van der Waals surface area contributed by atoms with E-state index in [9.17, 15) is 9.90 Å². The summed E-state index contributed by atoms with van der Waals surface area (Å²) in [6.45, 7) is 3.12. The summed E-state index contributed by atoms with van der Waals surface area (Å²) in [5.74, 6) is -1.52. The maximum atomic E-state index is 10.0. The second kappa shape index (κ2) is 6.75. The summed E-state index contributed by atoms with van der Waals surface area (Å²) in [6.07, 6.45) is -1.53. The van der Waals surface area contributed by atoms with Crippen LogP contribution >= 0.6 is 0 Å². The number of carbonyl (C=O) groups excluding carboxylic acids is 1. The second-order valence-electron chi connectivity index (χ2n) is 3.26. The van der Waals surface area contributed by atoms with Gasteiger partial charge in [-0.25, -0.2) is 0 Å². The van der Waals surface area contributed by atoms with Gasteiger partial charge in [-0.3, -0.25) is 0 Å². The van der Waals surface area contributed by atoms with Crippen molar-refractivity contribution in [2.45, 2.75) is 25.5 Å². The summed E-state index contributed by atoms with van der Waals surface area (Å²) in [7, 11) is 0. The molecule has 0 aliphatic carbocycles. The third-order valence-corrected chi connectivity index (χ3v) is 1.44. The molecule has 3 N–H and O–H groups in total. The van der Waals surface area contributed by atoms with Crippen LogP contribution in [0.1, 0.15) is 13.8 Å². The van der Waals surface area contributed by atoms with E-state index in [1.54, 1.807) is 13.8 Å². The Bertz CT molecular complexity index is 163. The number of hydrogen-bond acceptors (Lipinski definition) is 5. The number of hydrogen-bond donors (Lipinski definition) is 3. The molecule has 0 fully saturated rings. The molecule has 0 bridgehead atoms. The van der Waals surface area contributed by atoms with Crippen molar-refractivity contribution in [3.8, 4) is 0 Å². The van der Waals surface area contributed by atoms with E-state index in [-0.39, 0.29) is 42.7 Å². The zero-order valence-electron chi connectivity index (χ0n) is 8.20. The molecule has 72 valence electrons. The van der Waals surface area contributed by atoms with Crippen molar-refractivity contribution < 1.29 is 49.7 Å². The van der Waals surface area contributed by atoms with E-state index in [1.807, 2.05) is 0 Å². The summed E-state index contributed by atoms with van der Waals surface area (Å²) in [5, 5.41) is 30.2. The maximum absolute atomic E-state index is 10.0. The molecule has 5 nitrogen and oxygen atoms in total. The third-order valence-electron chi connectivity index (χ3n) is 1.44. The van der Waals surface area contributed by atoms with Crippen molar-refractivity contribution in [3.05, 3.63) is 0 Å². The molecule has 0 heterocycles. The monoisotopic (exact) mass is 199 g/mol. The largest absolute Gasteiger partial charge is 1.00 e. The van der Waals surface area contributed by atoms with Gasteiger partial charge in [-0.05, 0) is 13.8 Å². The topological polar surface area (TPSA) is 92.6 Å². The first-order valence-corrected chi connectivity index (χ1v) is 3.64. The summed E-state index contributed by atoms with van der Waals surface area (Å²) in [6, 6.07) is 0. The van der Waals surface area contributed by atoms with Gasteiger partial charge in [-0.15, -0.1) is 0 Å². The van der Waals surface area contributed by atoms with Gasteiger partial charge in [-0.2, -0.15) is 0 Å². The van der Waals surface area contributed by atoms with Gasteiger partial charge in [-0.1, -0.05) is 0 Å². The fourth-order valence-corrected chi connectivity index (χ4v) is 0.512. The molecule has 0 spiro atoms. The molecule has 0 aromatic carbocycles. The second-order valence-corrected chi connectivity index (χ2v) is 3.26. The van der Waals surface area contributed by atoms with Crippen LogP contribution in [0, 0.1) is 0 Å². The van der Waals surface area contributed by atoms with Gasteiger partial charge in [0.15, 0.2) is 0 Å². The van der Waals surface area contributed by atoms with Crippen LogP contribution in [0.5, 0.6) is 0 Å². The molecule has 0 aromatic heterocycles. The van der Waals surface area contributed by atoms with Crippen LogP contribution in [-0.4, -0.2) is 41.0 Å². The first-order valence-electron chi connectivity index (χ1n) is 3.64. The van der Waals surface area contributed by atoms with Crippen LogP contribution in [0.2, 0.25) is 0 Å². The number of carboxylic acid groups (broad SMARTS) is 1. The average molecular weight is 199 g/mol. The van der Waals surface area contributed by atoms with Gasteiger partial charge in [0.2, 0.25) is 0 Å². The normalized spacial score (nSPS) is 13.2. The number of carbonyl (C=O) groups is 1. The van der Waals surface area contributed by atoms with Crippen LogP contribution < -0.4 is 40.0 Å². The number of β-amino-alcohol motifs (C(OH)–C–C–N with tert-alkyl or cyclic N) is 1. The zero-order chi connectivity index (χ0) is 9.78. The molecule has 0 aromatic rings. The first-order chi connectivity index (χ1) is 5.39. The molecule has 1 unspecified atom stereocenters. The Balaban J connectivity index is 0. The van der Waals surface area contributed by atoms with Crippen molar-refractivity contribution in [2.75, 3.05) is 13.2 Å². The number of aliphatic hydroxyl groups is 2. The number of carboxylic acids is 1. The molecular weight excluding hydrogens is 185 g/mol. The predicted octanol–water partition coefficient (Wildman–Crippen LogP) is -5.54. The molecule has 0 rings (SSSR count). The van der Waals surface area contributed by atoms with Gasteiger partial charge in [0, 0.05) is 12.1 Å². The van der Waals surface area contributed by atoms with Crippen LogP contribution in [0.4, 0.5) is 0 Å². The zero-order valence-corrected chi connectivity index (χ0v) is 10.2. The predicted molar refractivity (Wildman–Crippen MR) is 40.2 cm³/mol. The molecule has 0 aliphatic rings. The Morgan fingerprint density at radius 3 is 2.38 bits per heavy atom. The Hall–Kier alpha value is 0.350. The molecule has 0 saturated heterocycles. The summed E-state index contributed by atoms with van der Waals surface area (Å²) >= 11 is 0. The minimum absolute atomic E-state index is 0. The number of aliphatic carboxylic acids is 1. The SMILES string of the molecule is CC(C)(CO)NCC(O)C(=O)[O-].[Na+]. The van der Waals surface area contributed by atoms with E-state index in [1.165, 1.54) is 0 Å². The van der Waals surface area contributed by atoms with Crippen molar-refractivity contribution in [2.24, 2.45) is 0 Å². The number of nitrogens with one attached hydrogen (secondary N) is 1. The van der Waals surface area contributed by atoms with Gasteiger partial charge >= 0.3 is 29.6 Å². The van der Waals surface area contributed by atoms with Gasteiger partial charge in [0.05, 0.1) is 12.6 Å². The third kappa shape index (κ3) is 7.42. The minimum Gasteiger partial charge on any atom is -0.547 e. The smallest absolute Gasteiger partial charge is 0.547 e.